The zero-order valence-corrected chi connectivity index (χ0v) is 34.0. The number of halogens is 1. The summed E-state index contributed by atoms with van der Waals surface area (Å²) in [5.41, 5.74) is 5.48. The van der Waals surface area contributed by atoms with Gasteiger partial charge in [-0.25, -0.2) is 4.79 Å². The zero-order chi connectivity index (χ0) is 41.2. The number of hydrogen-bond acceptors (Lipinski definition) is 11. The molecule has 8 N–H and O–H groups in total. The fourth-order valence-electron chi connectivity index (χ4n) is 7.47. The molecule has 3 fully saturated rings. The van der Waals surface area contributed by atoms with Gasteiger partial charge in [-0.05, 0) is 84.9 Å². The summed E-state index contributed by atoms with van der Waals surface area (Å²) >= 11 is 6.74. The van der Waals surface area contributed by atoms with Gasteiger partial charge in [-0.2, -0.15) is 0 Å². The predicted octanol–water partition coefficient (Wildman–Crippen LogP) is 2.88. The maximum atomic E-state index is 12.7. The highest BCUT2D eigenvalue weighted by Crippen LogP contribution is 2.50. The van der Waals surface area contributed by atoms with Crippen molar-refractivity contribution in [3.05, 3.63) is 82.6 Å². The van der Waals surface area contributed by atoms with Crippen molar-refractivity contribution in [3.8, 4) is 16.9 Å². The molecule has 316 valence electrons. The number of carbonyl (C=O) groups excluding carboxylic acids is 2. The van der Waals surface area contributed by atoms with Crippen LogP contribution in [0.4, 0.5) is 4.79 Å². The Bertz CT molecular complexity index is 1820. The Kier molecular flexibility index (Phi) is 15.4. The molecule has 58 heavy (non-hydrogen) atoms. The molecular weight excluding hydrogens is 764 g/mol. The van der Waals surface area contributed by atoms with E-state index in [0.717, 1.165) is 66.0 Å². The summed E-state index contributed by atoms with van der Waals surface area (Å²) < 4.78 is 6.28. The first-order valence-electron chi connectivity index (χ1n) is 20.6. The lowest BCUT2D eigenvalue weighted by Crippen LogP contribution is -2.55. The van der Waals surface area contributed by atoms with E-state index in [2.05, 4.69) is 69.2 Å². The first kappa shape index (κ1) is 43.7. The summed E-state index contributed by atoms with van der Waals surface area (Å²) in [6.07, 6.45) is 3.79. The first-order valence-corrected chi connectivity index (χ1v) is 20.9. The van der Waals surface area contributed by atoms with Gasteiger partial charge in [0.15, 0.2) is 0 Å². The lowest BCUT2D eigenvalue weighted by atomic mass is 9.93. The predicted molar refractivity (Wildman–Crippen MR) is 220 cm³/mol. The van der Waals surface area contributed by atoms with Crippen molar-refractivity contribution in [2.24, 2.45) is 0 Å². The largest absolute Gasteiger partial charge is 0.490 e. The van der Waals surface area contributed by atoms with Crippen LogP contribution in [0.15, 0.2) is 60.9 Å². The van der Waals surface area contributed by atoms with Crippen molar-refractivity contribution in [3.63, 3.8) is 0 Å². The number of carbonyl (C=O) groups is 2. The highest BCUT2D eigenvalue weighted by atomic mass is 35.5. The molecule has 2 saturated carbocycles. The molecule has 0 spiro atoms. The van der Waals surface area contributed by atoms with Gasteiger partial charge in [0, 0.05) is 87.3 Å². The Morgan fingerprint density at radius 2 is 1.71 bits per heavy atom. The van der Waals surface area contributed by atoms with Crippen LogP contribution in [0.5, 0.6) is 5.75 Å². The van der Waals surface area contributed by atoms with Crippen LogP contribution in [0.1, 0.15) is 74.5 Å². The summed E-state index contributed by atoms with van der Waals surface area (Å²) in [6.45, 7) is 4.97. The summed E-state index contributed by atoms with van der Waals surface area (Å²) in [5.74, 6) is 1.18. The minimum atomic E-state index is -1.75. The molecule has 2 heterocycles. The Hall–Kier alpha value is -3.86. The van der Waals surface area contributed by atoms with Crippen molar-refractivity contribution >= 4 is 23.5 Å². The normalized spacial score (nSPS) is 19.1. The van der Waals surface area contributed by atoms with E-state index in [4.69, 9.17) is 21.4 Å². The van der Waals surface area contributed by atoms with E-state index in [1.165, 1.54) is 11.1 Å². The Morgan fingerprint density at radius 3 is 2.43 bits per heavy atom. The van der Waals surface area contributed by atoms with Crippen LogP contribution in [0.3, 0.4) is 0 Å². The third-order valence-corrected chi connectivity index (χ3v) is 11.9. The molecule has 5 unspecified atom stereocenters. The van der Waals surface area contributed by atoms with Crippen molar-refractivity contribution in [1.29, 1.82) is 0 Å². The smallest absolute Gasteiger partial charge is 0.317 e. The van der Waals surface area contributed by atoms with Crippen LogP contribution in [0.2, 0.25) is 5.02 Å². The first-order chi connectivity index (χ1) is 28.0. The molecule has 0 radical (unpaired) electrons. The lowest BCUT2D eigenvalue weighted by molar-refractivity contribution is -0.121. The number of benzene rings is 2. The van der Waals surface area contributed by atoms with Crippen LogP contribution < -0.4 is 20.7 Å². The molecule has 6 rings (SSSR count). The molecule has 0 bridgehead atoms. The number of nitrogens with zero attached hydrogens (tertiary/aromatic N) is 3. The second kappa shape index (κ2) is 20.4. The monoisotopic (exact) mass is 822 g/mol. The summed E-state index contributed by atoms with van der Waals surface area (Å²) in [5, 5.41) is 58.2. The Morgan fingerprint density at radius 1 is 0.966 bits per heavy atom. The second-order valence-corrected chi connectivity index (χ2v) is 16.4. The van der Waals surface area contributed by atoms with Crippen molar-refractivity contribution in [2.45, 2.75) is 100 Å². The minimum Gasteiger partial charge on any atom is -0.490 e. The van der Waals surface area contributed by atoms with Gasteiger partial charge in [0.05, 0.1) is 18.8 Å². The quantitative estimate of drug-likeness (QED) is 0.0787. The average Bonchev–Trinajstić information content (AvgIpc) is 4.20. The number of amides is 3. The van der Waals surface area contributed by atoms with E-state index in [9.17, 15) is 30.0 Å². The molecule has 3 amide bonds. The van der Waals surface area contributed by atoms with E-state index in [0.29, 0.717) is 58.3 Å². The zero-order valence-electron chi connectivity index (χ0n) is 33.2. The Labute approximate surface area is 345 Å². The maximum absolute atomic E-state index is 12.7. The molecule has 2 aromatic carbocycles. The lowest BCUT2D eigenvalue weighted by Gasteiger charge is -2.35. The third kappa shape index (κ3) is 11.7. The summed E-state index contributed by atoms with van der Waals surface area (Å²) in [7, 11) is 0. The number of urea groups is 1. The summed E-state index contributed by atoms with van der Waals surface area (Å²) in [4.78, 5) is 33.5. The van der Waals surface area contributed by atoms with Crippen molar-refractivity contribution in [2.75, 3.05) is 52.4 Å². The summed E-state index contributed by atoms with van der Waals surface area (Å²) in [6, 6.07) is 16.2. The molecule has 14 nitrogen and oxygen atoms in total. The van der Waals surface area contributed by atoms with Gasteiger partial charge < -0.3 is 51.1 Å². The number of piperazine rings is 1. The number of ether oxygens (including phenoxy) is 1. The van der Waals surface area contributed by atoms with Gasteiger partial charge in [-0.1, -0.05) is 48.9 Å². The second-order valence-electron chi connectivity index (χ2n) is 16.0. The molecular formula is C43H59ClN6O8. The highest BCUT2D eigenvalue weighted by Gasteiger charge is 2.46. The van der Waals surface area contributed by atoms with Gasteiger partial charge in [-0.15, -0.1) is 0 Å². The molecule has 1 saturated heterocycles. The number of hydrogen-bond donors (Lipinski definition) is 8. The van der Waals surface area contributed by atoms with Crippen molar-refractivity contribution in [1.82, 2.24) is 30.7 Å². The van der Waals surface area contributed by atoms with Gasteiger partial charge in [-0.3, -0.25) is 14.7 Å². The molecule has 3 aromatic rings. The van der Waals surface area contributed by atoms with E-state index in [1.807, 2.05) is 24.5 Å². The van der Waals surface area contributed by atoms with Crippen LogP contribution in [0, 0.1) is 0 Å². The molecule has 15 heteroatoms. The SMILES string of the molecule is CC(CCCC(=O)NCCN1CCN(C(=O)NCC(O)C(O)C(O)C(O)CO)CC1)c1ccc(Cl)c(CNC2(c3cnccc3-c3ccccc3OC3CC3)CC2)c1. The number of aromatic nitrogens is 1. The fourth-order valence-corrected chi connectivity index (χ4v) is 7.66. The average molecular weight is 823 g/mol. The maximum Gasteiger partial charge on any atom is 0.317 e. The number of aliphatic hydroxyl groups is 5. The minimum absolute atomic E-state index is 0.00908. The number of pyridine rings is 1. The number of para-hydroxylation sites is 1. The van der Waals surface area contributed by atoms with Crippen LogP contribution in [-0.2, 0) is 16.9 Å². The molecule has 1 aliphatic heterocycles. The standard InChI is InChI=1S/C43H59ClN6O8/c1-28(5-4-8-39(54)46-17-18-49-19-21-50(22-20-49)42(57)47-26-36(52)40(55)41(56)37(53)27-51)29-9-12-35(44)30(23-29)24-48-43(14-15-43)34-25-45-16-13-32(34)33-6-2-3-7-38(33)58-31-10-11-31/h2-3,6-7,9,12-13,16,23,25,28,31,36-37,40-41,48,51-53,55-56H,4-5,8,10-11,14-15,17-22,24,26-27H2,1H3,(H,46,54)(H,47,57). The molecule has 5 atom stereocenters. The topological polar surface area (TPSA) is 200 Å². The van der Waals surface area contributed by atoms with Gasteiger partial charge in [0.2, 0.25) is 5.91 Å². The van der Waals surface area contributed by atoms with E-state index in [1.54, 1.807) is 4.90 Å². The van der Waals surface area contributed by atoms with Gasteiger partial charge in [0.1, 0.15) is 24.1 Å². The number of rotatable bonds is 21. The van der Waals surface area contributed by atoms with Crippen LogP contribution in [-0.4, -0.2) is 135 Å². The van der Waals surface area contributed by atoms with Gasteiger partial charge in [0.25, 0.3) is 0 Å². The number of aliphatic hydroxyl groups excluding tert-OH is 5. The third-order valence-electron chi connectivity index (χ3n) is 11.6. The fraction of sp³-hybridized carbons (Fsp3) is 0.558. The van der Waals surface area contributed by atoms with E-state index in [-0.39, 0.29) is 23.9 Å². The van der Waals surface area contributed by atoms with E-state index >= 15 is 0 Å². The number of nitrogens with one attached hydrogen (secondary N) is 3. The molecule has 3 aliphatic rings. The highest BCUT2D eigenvalue weighted by molar-refractivity contribution is 6.31. The van der Waals surface area contributed by atoms with Crippen LogP contribution in [0.25, 0.3) is 11.1 Å². The van der Waals surface area contributed by atoms with Crippen molar-refractivity contribution < 1.29 is 39.9 Å². The molecule has 1 aromatic heterocycles. The van der Waals surface area contributed by atoms with Crippen LogP contribution >= 0.6 is 11.6 Å². The Balaban J connectivity index is 0.893. The molecule has 2 aliphatic carbocycles. The van der Waals surface area contributed by atoms with E-state index < -0.39 is 37.1 Å². The van der Waals surface area contributed by atoms with Gasteiger partial charge >= 0.3 is 6.03 Å².